The Labute approximate surface area is 157 Å². The van der Waals surface area contributed by atoms with Crippen LogP contribution < -0.4 is 5.32 Å². The van der Waals surface area contributed by atoms with Gasteiger partial charge in [0, 0.05) is 11.4 Å². The van der Waals surface area contributed by atoms with Gasteiger partial charge in [-0.3, -0.25) is 9.36 Å². The lowest BCUT2D eigenvalue weighted by Gasteiger charge is -2.09. The first kappa shape index (κ1) is 18.2. The molecule has 0 aliphatic carbocycles. The standard InChI is InChI=1S/C20H22N4OS/c1-14(2)16-7-9-18(10-8-16)24-13-21-23-20(24)26-12-19(25)22-17-6-4-5-15(3)11-17/h4-11,13-14H,12H2,1-3H3,(H,22,25). The van der Waals surface area contributed by atoms with E-state index in [0.29, 0.717) is 11.1 Å². The van der Waals surface area contributed by atoms with E-state index in [1.54, 1.807) is 6.33 Å². The first-order valence-corrected chi connectivity index (χ1v) is 9.51. The number of carbonyl (C=O) groups excluding carboxylic acids is 1. The van der Waals surface area contributed by atoms with Crippen LogP contribution in [0.4, 0.5) is 5.69 Å². The molecule has 1 aromatic heterocycles. The summed E-state index contributed by atoms with van der Waals surface area (Å²) in [4.78, 5) is 12.2. The van der Waals surface area contributed by atoms with Gasteiger partial charge in [-0.05, 0) is 48.2 Å². The lowest BCUT2D eigenvalue weighted by Crippen LogP contribution is -2.14. The number of aryl methyl sites for hydroxylation is 1. The van der Waals surface area contributed by atoms with Crippen molar-refractivity contribution < 1.29 is 4.79 Å². The van der Waals surface area contributed by atoms with E-state index in [2.05, 4.69) is 53.6 Å². The number of benzene rings is 2. The van der Waals surface area contributed by atoms with Crippen molar-refractivity contribution in [2.24, 2.45) is 0 Å². The molecular formula is C20H22N4OS. The van der Waals surface area contributed by atoms with Crippen LogP contribution in [-0.4, -0.2) is 26.4 Å². The minimum absolute atomic E-state index is 0.0645. The number of nitrogens with one attached hydrogen (secondary N) is 1. The summed E-state index contributed by atoms with van der Waals surface area (Å²) in [7, 11) is 0. The van der Waals surface area contributed by atoms with Gasteiger partial charge in [0.15, 0.2) is 5.16 Å². The predicted molar refractivity (Wildman–Crippen MR) is 106 cm³/mol. The van der Waals surface area contributed by atoms with Crippen molar-refractivity contribution in [2.45, 2.75) is 31.8 Å². The molecule has 0 atom stereocenters. The average Bonchev–Trinajstić information content (AvgIpc) is 3.08. The second kappa shape index (κ2) is 8.19. The minimum Gasteiger partial charge on any atom is -0.325 e. The van der Waals surface area contributed by atoms with Gasteiger partial charge in [-0.15, -0.1) is 10.2 Å². The molecule has 1 N–H and O–H groups in total. The molecule has 1 heterocycles. The maximum absolute atomic E-state index is 12.2. The van der Waals surface area contributed by atoms with Crippen molar-refractivity contribution in [3.8, 4) is 5.69 Å². The van der Waals surface area contributed by atoms with Gasteiger partial charge in [0.25, 0.3) is 0 Å². The largest absolute Gasteiger partial charge is 0.325 e. The number of nitrogens with zero attached hydrogens (tertiary/aromatic N) is 3. The summed E-state index contributed by atoms with van der Waals surface area (Å²) < 4.78 is 1.90. The van der Waals surface area contributed by atoms with E-state index in [-0.39, 0.29) is 11.7 Å². The van der Waals surface area contributed by atoms with E-state index in [1.807, 2.05) is 35.8 Å². The van der Waals surface area contributed by atoms with Crippen molar-refractivity contribution >= 4 is 23.4 Å². The molecule has 0 unspecified atom stereocenters. The average molecular weight is 366 g/mol. The number of anilines is 1. The topological polar surface area (TPSA) is 59.8 Å². The molecule has 0 aliphatic rings. The Balaban J connectivity index is 1.64. The molecular weight excluding hydrogens is 344 g/mol. The number of aromatic nitrogens is 3. The Morgan fingerprint density at radius 3 is 2.65 bits per heavy atom. The first-order chi connectivity index (χ1) is 12.5. The normalized spacial score (nSPS) is 10.9. The molecule has 1 amide bonds. The third-order valence-electron chi connectivity index (χ3n) is 3.99. The molecule has 0 spiro atoms. The molecule has 2 aromatic carbocycles. The quantitative estimate of drug-likeness (QED) is 0.656. The van der Waals surface area contributed by atoms with E-state index in [9.17, 15) is 4.79 Å². The third-order valence-corrected chi connectivity index (χ3v) is 4.93. The van der Waals surface area contributed by atoms with Gasteiger partial charge in [-0.2, -0.15) is 0 Å². The number of rotatable bonds is 6. The lowest BCUT2D eigenvalue weighted by molar-refractivity contribution is -0.113. The van der Waals surface area contributed by atoms with Gasteiger partial charge < -0.3 is 5.32 Å². The van der Waals surface area contributed by atoms with E-state index in [1.165, 1.54) is 17.3 Å². The van der Waals surface area contributed by atoms with Crippen molar-refractivity contribution in [1.82, 2.24) is 14.8 Å². The Morgan fingerprint density at radius 1 is 1.19 bits per heavy atom. The molecule has 26 heavy (non-hydrogen) atoms. The molecule has 0 bridgehead atoms. The highest BCUT2D eigenvalue weighted by molar-refractivity contribution is 7.99. The minimum atomic E-state index is -0.0645. The van der Waals surface area contributed by atoms with Gasteiger partial charge >= 0.3 is 0 Å². The van der Waals surface area contributed by atoms with Crippen LogP contribution in [0.25, 0.3) is 5.69 Å². The predicted octanol–water partition coefficient (Wildman–Crippen LogP) is 4.43. The maximum Gasteiger partial charge on any atom is 0.234 e. The summed E-state index contributed by atoms with van der Waals surface area (Å²) in [6.45, 7) is 6.33. The fourth-order valence-electron chi connectivity index (χ4n) is 2.57. The highest BCUT2D eigenvalue weighted by Crippen LogP contribution is 2.22. The van der Waals surface area contributed by atoms with Gasteiger partial charge in [0.1, 0.15) is 6.33 Å². The van der Waals surface area contributed by atoms with Crippen molar-refractivity contribution in [3.63, 3.8) is 0 Å². The molecule has 5 nitrogen and oxygen atoms in total. The fraction of sp³-hybridized carbons (Fsp3) is 0.250. The number of hydrogen-bond donors (Lipinski definition) is 1. The lowest BCUT2D eigenvalue weighted by atomic mass is 10.0. The molecule has 0 aliphatic heterocycles. The molecule has 3 aromatic rings. The van der Waals surface area contributed by atoms with Crippen LogP contribution in [0.2, 0.25) is 0 Å². The van der Waals surface area contributed by atoms with Gasteiger partial charge in [-0.1, -0.05) is 49.9 Å². The Hall–Kier alpha value is -2.60. The van der Waals surface area contributed by atoms with E-state index in [4.69, 9.17) is 0 Å². The van der Waals surface area contributed by atoms with Crippen LogP contribution in [0.5, 0.6) is 0 Å². The zero-order valence-corrected chi connectivity index (χ0v) is 16.0. The summed E-state index contributed by atoms with van der Waals surface area (Å²) in [6, 6.07) is 16.1. The molecule has 6 heteroatoms. The SMILES string of the molecule is Cc1cccc(NC(=O)CSc2nncn2-c2ccc(C(C)C)cc2)c1. The van der Waals surface area contributed by atoms with Crippen LogP contribution in [0.1, 0.15) is 30.9 Å². The second-order valence-electron chi connectivity index (χ2n) is 6.44. The second-order valence-corrected chi connectivity index (χ2v) is 7.38. The van der Waals surface area contributed by atoms with E-state index >= 15 is 0 Å². The van der Waals surface area contributed by atoms with Crippen molar-refractivity contribution in [3.05, 3.63) is 66.0 Å². The van der Waals surface area contributed by atoms with Crippen molar-refractivity contribution in [1.29, 1.82) is 0 Å². The van der Waals surface area contributed by atoms with Gasteiger partial charge in [-0.25, -0.2) is 0 Å². The summed E-state index contributed by atoms with van der Waals surface area (Å²) in [5.41, 5.74) is 4.19. The summed E-state index contributed by atoms with van der Waals surface area (Å²) in [6.07, 6.45) is 1.67. The van der Waals surface area contributed by atoms with Crippen molar-refractivity contribution in [2.75, 3.05) is 11.1 Å². The third kappa shape index (κ3) is 4.52. The van der Waals surface area contributed by atoms with E-state index in [0.717, 1.165) is 16.9 Å². The molecule has 0 saturated carbocycles. The zero-order chi connectivity index (χ0) is 18.5. The van der Waals surface area contributed by atoms with Gasteiger partial charge in [0.05, 0.1) is 5.75 Å². The molecule has 134 valence electrons. The number of carbonyl (C=O) groups is 1. The Bertz CT molecular complexity index is 887. The van der Waals surface area contributed by atoms with Crippen LogP contribution >= 0.6 is 11.8 Å². The number of amides is 1. The highest BCUT2D eigenvalue weighted by atomic mass is 32.2. The van der Waals surface area contributed by atoms with Crippen LogP contribution in [0.3, 0.4) is 0 Å². The van der Waals surface area contributed by atoms with Crippen LogP contribution in [0.15, 0.2) is 60.0 Å². The smallest absolute Gasteiger partial charge is 0.234 e. The zero-order valence-electron chi connectivity index (χ0n) is 15.1. The summed E-state index contributed by atoms with van der Waals surface area (Å²) >= 11 is 1.37. The summed E-state index contributed by atoms with van der Waals surface area (Å²) in [5.74, 6) is 0.700. The molecule has 0 saturated heterocycles. The van der Waals surface area contributed by atoms with Gasteiger partial charge in [0.2, 0.25) is 5.91 Å². The highest BCUT2D eigenvalue weighted by Gasteiger charge is 2.11. The monoisotopic (exact) mass is 366 g/mol. The Morgan fingerprint density at radius 2 is 1.96 bits per heavy atom. The van der Waals surface area contributed by atoms with E-state index < -0.39 is 0 Å². The number of hydrogen-bond acceptors (Lipinski definition) is 4. The summed E-state index contributed by atoms with van der Waals surface area (Å²) in [5, 5.41) is 11.7. The van der Waals surface area contributed by atoms with Crippen LogP contribution in [-0.2, 0) is 4.79 Å². The molecule has 0 fully saturated rings. The molecule has 3 rings (SSSR count). The molecule has 0 radical (unpaired) electrons. The maximum atomic E-state index is 12.2. The fourth-order valence-corrected chi connectivity index (χ4v) is 3.30. The van der Waals surface area contributed by atoms with Crippen LogP contribution in [0, 0.1) is 6.92 Å². The first-order valence-electron chi connectivity index (χ1n) is 8.52. The number of thioether (sulfide) groups is 1. The Kier molecular flexibility index (Phi) is 5.73.